The van der Waals surface area contributed by atoms with Crippen molar-refractivity contribution in [3.05, 3.63) is 66.4 Å². The molecule has 0 saturated heterocycles. The molecule has 0 amide bonds. The quantitative estimate of drug-likeness (QED) is 0.581. The normalized spacial score (nSPS) is 12.0. The fourth-order valence-corrected chi connectivity index (χ4v) is 2.35. The maximum absolute atomic E-state index is 4.32. The highest BCUT2D eigenvalue weighted by Gasteiger charge is 2.09. The van der Waals surface area contributed by atoms with Gasteiger partial charge in [-0.1, -0.05) is 49.6 Å². The van der Waals surface area contributed by atoms with E-state index < -0.39 is 0 Å². The minimum atomic E-state index is 0.705. The molecule has 1 aromatic carbocycles. The first-order chi connectivity index (χ1) is 9.99. The van der Waals surface area contributed by atoms with Crippen LogP contribution in [0.25, 0.3) is 5.70 Å². The van der Waals surface area contributed by atoms with E-state index in [4.69, 9.17) is 0 Å². The lowest BCUT2D eigenvalue weighted by molar-refractivity contribution is 1.01. The molecule has 0 bridgehead atoms. The van der Waals surface area contributed by atoms with Crippen molar-refractivity contribution in [1.82, 2.24) is 5.32 Å². The van der Waals surface area contributed by atoms with Gasteiger partial charge < -0.3 is 5.32 Å². The van der Waals surface area contributed by atoms with Gasteiger partial charge in [-0.2, -0.15) is 0 Å². The highest BCUT2D eigenvalue weighted by atomic mass is 31.0. The van der Waals surface area contributed by atoms with E-state index in [2.05, 4.69) is 38.4 Å². The molecule has 2 nitrogen and oxygen atoms in total. The van der Waals surface area contributed by atoms with Crippen molar-refractivity contribution in [3.8, 4) is 0 Å². The van der Waals surface area contributed by atoms with Gasteiger partial charge in [-0.15, -0.1) is 8.86 Å². The molecule has 0 fully saturated rings. The van der Waals surface area contributed by atoms with Crippen molar-refractivity contribution < 1.29 is 0 Å². The molecule has 0 aliphatic carbocycles. The number of nitrogens with zero attached hydrogens (tertiary/aromatic N) is 1. The van der Waals surface area contributed by atoms with E-state index in [1.165, 1.54) is 0 Å². The van der Waals surface area contributed by atoms with Crippen molar-refractivity contribution in [2.75, 3.05) is 7.05 Å². The third-order valence-corrected chi connectivity index (χ3v) is 3.32. The summed E-state index contributed by atoms with van der Waals surface area (Å²) in [5.74, 6) is 0. The number of nitrogens with one attached hydrogen (secondary N) is 1. The zero-order valence-electron chi connectivity index (χ0n) is 13.0. The first kappa shape index (κ1) is 17.1. The number of allylic oxidation sites excluding steroid dienone is 2. The van der Waals surface area contributed by atoms with E-state index in [0.717, 1.165) is 33.5 Å². The summed E-state index contributed by atoms with van der Waals surface area (Å²) in [6, 6.07) is 10.0. The molecule has 0 heterocycles. The van der Waals surface area contributed by atoms with Crippen LogP contribution in [-0.4, -0.2) is 18.1 Å². The predicted molar refractivity (Wildman–Crippen MR) is 98.5 cm³/mol. The maximum atomic E-state index is 4.32. The number of hydrogen-bond donors (Lipinski definition) is 1. The molecule has 0 atom stereocenters. The van der Waals surface area contributed by atoms with Crippen LogP contribution in [0.5, 0.6) is 0 Å². The molecule has 0 aromatic heterocycles. The molecule has 1 N–H and O–H groups in total. The summed E-state index contributed by atoms with van der Waals surface area (Å²) in [5.41, 5.74) is 4.90. The summed E-state index contributed by atoms with van der Waals surface area (Å²) in [5, 5.41) is 4.28. The SMILES string of the molecule is C=C(C/C(=C\C)C(=NC)C(C)=P)NC(=C)c1ccccc1. The Kier molecular flexibility index (Phi) is 6.84. The van der Waals surface area contributed by atoms with Gasteiger partial charge in [0.1, 0.15) is 0 Å². The van der Waals surface area contributed by atoms with Crippen LogP contribution in [-0.2, 0) is 0 Å². The van der Waals surface area contributed by atoms with E-state index in [9.17, 15) is 0 Å². The summed E-state index contributed by atoms with van der Waals surface area (Å²) in [7, 11) is 5.34. The molecule has 1 rings (SSSR count). The van der Waals surface area contributed by atoms with E-state index in [-0.39, 0.29) is 0 Å². The zero-order valence-corrected chi connectivity index (χ0v) is 14.0. The molecule has 110 valence electrons. The van der Waals surface area contributed by atoms with Crippen molar-refractivity contribution in [2.45, 2.75) is 20.3 Å². The third-order valence-electron chi connectivity index (χ3n) is 3.09. The van der Waals surface area contributed by atoms with Crippen LogP contribution in [0.2, 0.25) is 0 Å². The first-order valence-electron chi connectivity index (χ1n) is 6.86. The summed E-state index contributed by atoms with van der Waals surface area (Å²) >= 11 is 0. The average molecular weight is 298 g/mol. The lowest BCUT2D eigenvalue weighted by Crippen LogP contribution is -2.16. The standard InChI is InChI=1S/C18H23N2P/c1-6-16(18(19-5)15(4)21)12-13(2)20-14(3)17-10-8-7-9-11-17/h6-11,20-21H,2-3,12H2,1,4-5H3/b16-6+,19-18?. The summed E-state index contributed by atoms with van der Waals surface area (Å²) in [4.78, 5) is 4.32. The minimum Gasteiger partial charge on any atom is -0.359 e. The monoisotopic (exact) mass is 298 g/mol. The number of benzene rings is 1. The van der Waals surface area contributed by atoms with E-state index in [0.29, 0.717) is 6.42 Å². The first-order valence-corrected chi connectivity index (χ1v) is 7.36. The average Bonchev–Trinajstić information content (AvgIpc) is 2.47. The maximum Gasteiger partial charge on any atom is 0.0672 e. The summed E-state index contributed by atoms with van der Waals surface area (Å²) in [6.45, 7) is 12.1. The Morgan fingerprint density at radius 3 is 2.38 bits per heavy atom. The minimum absolute atomic E-state index is 0.705. The van der Waals surface area contributed by atoms with Crippen LogP contribution in [0, 0.1) is 0 Å². The predicted octanol–water partition coefficient (Wildman–Crippen LogP) is 4.50. The van der Waals surface area contributed by atoms with E-state index in [1.54, 1.807) is 7.05 Å². The molecule has 0 spiro atoms. The Hall–Kier alpha value is -1.92. The molecule has 3 heteroatoms. The molecule has 0 saturated carbocycles. The van der Waals surface area contributed by atoms with Crippen molar-refractivity contribution in [2.24, 2.45) is 4.99 Å². The van der Waals surface area contributed by atoms with E-state index >= 15 is 0 Å². The molecular weight excluding hydrogens is 275 g/mol. The van der Waals surface area contributed by atoms with Crippen molar-refractivity contribution in [1.29, 1.82) is 0 Å². The highest BCUT2D eigenvalue weighted by Crippen LogP contribution is 2.15. The third kappa shape index (κ3) is 5.17. The molecule has 0 unspecified atom stereocenters. The topological polar surface area (TPSA) is 24.4 Å². The largest absolute Gasteiger partial charge is 0.359 e. The van der Waals surface area contributed by atoms with Crippen LogP contribution >= 0.6 is 8.86 Å². The Morgan fingerprint density at radius 1 is 1.29 bits per heavy atom. The molecular formula is C18H23N2P. The highest BCUT2D eigenvalue weighted by molar-refractivity contribution is 7.26. The van der Waals surface area contributed by atoms with Crippen LogP contribution in [0.1, 0.15) is 25.8 Å². The number of hydrogen-bond acceptors (Lipinski definition) is 2. The molecule has 0 aliphatic rings. The Labute approximate surface area is 130 Å². The van der Waals surface area contributed by atoms with E-state index in [1.807, 2.05) is 44.2 Å². The van der Waals surface area contributed by atoms with Gasteiger partial charge in [0.05, 0.1) is 5.71 Å². The lowest BCUT2D eigenvalue weighted by atomic mass is 10.0. The van der Waals surface area contributed by atoms with Crippen LogP contribution < -0.4 is 5.32 Å². The lowest BCUT2D eigenvalue weighted by Gasteiger charge is -2.15. The van der Waals surface area contributed by atoms with Gasteiger partial charge in [-0.25, -0.2) is 0 Å². The number of aliphatic imine (C=N–C) groups is 1. The fraction of sp³-hybridized carbons (Fsp3) is 0.222. The van der Waals surface area contributed by atoms with Gasteiger partial charge in [0, 0.05) is 24.9 Å². The second-order valence-electron chi connectivity index (χ2n) is 4.76. The van der Waals surface area contributed by atoms with Gasteiger partial charge in [0.15, 0.2) is 0 Å². The van der Waals surface area contributed by atoms with Crippen LogP contribution in [0.3, 0.4) is 0 Å². The Morgan fingerprint density at radius 2 is 1.90 bits per heavy atom. The Balaban J connectivity index is 2.73. The van der Waals surface area contributed by atoms with Crippen LogP contribution in [0.15, 0.2) is 65.8 Å². The van der Waals surface area contributed by atoms with Crippen molar-refractivity contribution >= 4 is 25.6 Å². The molecule has 0 radical (unpaired) electrons. The van der Waals surface area contributed by atoms with Crippen molar-refractivity contribution in [3.63, 3.8) is 0 Å². The second kappa shape index (κ2) is 8.39. The summed E-state index contributed by atoms with van der Waals surface area (Å²) < 4.78 is 0. The van der Waals surface area contributed by atoms with Gasteiger partial charge in [0.2, 0.25) is 0 Å². The zero-order chi connectivity index (χ0) is 15.8. The van der Waals surface area contributed by atoms with Gasteiger partial charge in [-0.3, -0.25) is 4.99 Å². The van der Waals surface area contributed by atoms with Gasteiger partial charge >= 0.3 is 0 Å². The molecule has 21 heavy (non-hydrogen) atoms. The number of rotatable bonds is 7. The van der Waals surface area contributed by atoms with Gasteiger partial charge in [0.25, 0.3) is 0 Å². The van der Waals surface area contributed by atoms with Crippen LogP contribution in [0.4, 0.5) is 0 Å². The summed E-state index contributed by atoms with van der Waals surface area (Å²) in [6.07, 6.45) is 2.76. The van der Waals surface area contributed by atoms with Gasteiger partial charge in [-0.05, 0) is 30.3 Å². The second-order valence-corrected chi connectivity index (χ2v) is 5.51. The molecule has 0 aliphatic heterocycles. The smallest absolute Gasteiger partial charge is 0.0672 e. The fourth-order valence-electron chi connectivity index (χ4n) is 2.07. The molecule has 1 aromatic rings. The Bertz CT molecular complexity index is 595.